The fourth-order valence-corrected chi connectivity index (χ4v) is 3.99. The molecule has 26 heavy (non-hydrogen) atoms. The Kier molecular flexibility index (Phi) is 3.88. The summed E-state index contributed by atoms with van der Waals surface area (Å²) in [7, 11) is 0. The Morgan fingerprint density at radius 1 is 1.15 bits per heavy atom. The van der Waals surface area contributed by atoms with Gasteiger partial charge in [-0.05, 0) is 50.1 Å². The Morgan fingerprint density at radius 3 is 2.62 bits per heavy atom. The molecule has 0 aliphatic rings. The van der Waals surface area contributed by atoms with Crippen molar-refractivity contribution in [2.75, 3.05) is 6.61 Å². The molecule has 132 valence electrons. The van der Waals surface area contributed by atoms with E-state index in [0.717, 1.165) is 42.9 Å². The van der Waals surface area contributed by atoms with Crippen molar-refractivity contribution in [2.45, 2.75) is 20.8 Å². The molecule has 0 spiro atoms. The van der Waals surface area contributed by atoms with E-state index < -0.39 is 5.97 Å². The summed E-state index contributed by atoms with van der Waals surface area (Å²) in [5, 5.41) is 2.68. The van der Waals surface area contributed by atoms with E-state index >= 15 is 0 Å². The quantitative estimate of drug-likeness (QED) is 0.467. The third-order valence-corrected chi connectivity index (χ3v) is 5.33. The molecular weight excluding hydrogens is 396 g/mol. The van der Waals surface area contributed by atoms with Crippen molar-refractivity contribution >= 4 is 54.6 Å². The van der Waals surface area contributed by atoms with Crippen LogP contribution in [-0.2, 0) is 4.74 Å². The van der Waals surface area contributed by atoms with E-state index in [2.05, 4.69) is 32.0 Å². The Morgan fingerprint density at radius 2 is 1.88 bits per heavy atom. The van der Waals surface area contributed by atoms with Crippen LogP contribution >= 0.6 is 15.9 Å². The van der Waals surface area contributed by atoms with Crippen molar-refractivity contribution in [3.63, 3.8) is 0 Å². The predicted octanol–water partition coefficient (Wildman–Crippen LogP) is 4.72. The lowest BCUT2D eigenvalue weighted by Gasteiger charge is -2.10. The number of aromatic amines is 2. The maximum atomic E-state index is 13.0. The first kappa shape index (κ1) is 16.8. The lowest BCUT2D eigenvalue weighted by atomic mass is 9.97. The fraction of sp³-hybridized carbons (Fsp3) is 0.200. The van der Waals surface area contributed by atoms with E-state index in [1.807, 2.05) is 26.0 Å². The van der Waals surface area contributed by atoms with Crippen LogP contribution in [0.25, 0.3) is 32.7 Å². The van der Waals surface area contributed by atoms with Gasteiger partial charge in [-0.3, -0.25) is 4.79 Å². The van der Waals surface area contributed by atoms with Crippen LogP contribution in [-0.4, -0.2) is 22.5 Å². The number of pyridine rings is 1. The van der Waals surface area contributed by atoms with Crippen molar-refractivity contribution in [1.82, 2.24) is 9.97 Å². The lowest BCUT2D eigenvalue weighted by Crippen LogP contribution is -2.19. The number of aromatic nitrogens is 2. The maximum Gasteiger partial charge on any atom is 0.343 e. The highest BCUT2D eigenvalue weighted by Gasteiger charge is 2.20. The summed E-state index contributed by atoms with van der Waals surface area (Å²) in [6.07, 6.45) is 1.45. The van der Waals surface area contributed by atoms with Gasteiger partial charge in [0.1, 0.15) is 5.56 Å². The number of carbonyl (C=O) groups excluding carboxylic acids is 1. The van der Waals surface area contributed by atoms with E-state index in [4.69, 9.17) is 4.74 Å². The molecule has 4 rings (SSSR count). The fourth-order valence-electron chi connectivity index (χ4n) is 3.63. The molecule has 2 aromatic heterocycles. The SMILES string of the molecule is CCOC(=O)c1c[nH]c2c(C)c3c([nH]c4ccc(Br)cc43)c(C)c2c1=O. The second-order valence-electron chi connectivity index (χ2n) is 6.32. The number of hydrogen-bond acceptors (Lipinski definition) is 3. The Balaban J connectivity index is 2.17. The number of hydrogen-bond donors (Lipinski definition) is 2. The summed E-state index contributed by atoms with van der Waals surface area (Å²) in [4.78, 5) is 31.6. The summed E-state index contributed by atoms with van der Waals surface area (Å²) >= 11 is 3.52. The average Bonchev–Trinajstić information content (AvgIpc) is 2.98. The van der Waals surface area contributed by atoms with E-state index in [-0.39, 0.29) is 17.6 Å². The van der Waals surface area contributed by atoms with Gasteiger partial charge in [0.25, 0.3) is 0 Å². The first-order valence-corrected chi connectivity index (χ1v) is 9.16. The number of H-pyrrole nitrogens is 2. The molecular formula is C20H17BrN2O3. The first-order chi connectivity index (χ1) is 12.4. The van der Waals surface area contributed by atoms with E-state index in [9.17, 15) is 9.59 Å². The number of rotatable bonds is 2. The highest BCUT2D eigenvalue weighted by atomic mass is 79.9. The van der Waals surface area contributed by atoms with Crippen molar-refractivity contribution < 1.29 is 9.53 Å². The Labute approximate surface area is 157 Å². The third kappa shape index (κ3) is 2.29. The molecule has 2 N–H and O–H groups in total. The minimum atomic E-state index is -0.603. The molecule has 0 atom stereocenters. The van der Waals surface area contributed by atoms with E-state index in [1.54, 1.807) is 6.92 Å². The zero-order chi connectivity index (χ0) is 18.6. The zero-order valence-electron chi connectivity index (χ0n) is 14.6. The summed E-state index contributed by atoms with van der Waals surface area (Å²) in [5.74, 6) is -0.603. The predicted molar refractivity (Wildman–Crippen MR) is 107 cm³/mol. The van der Waals surface area contributed by atoms with Crippen LogP contribution in [0.5, 0.6) is 0 Å². The van der Waals surface area contributed by atoms with Crippen LogP contribution in [0, 0.1) is 13.8 Å². The number of nitrogens with one attached hydrogen (secondary N) is 2. The summed E-state index contributed by atoms with van der Waals surface area (Å²) in [6, 6.07) is 6.05. The normalized spacial score (nSPS) is 11.5. The Bertz CT molecular complexity index is 1270. The summed E-state index contributed by atoms with van der Waals surface area (Å²) < 4.78 is 6.00. The molecule has 0 amide bonds. The van der Waals surface area contributed by atoms with Gasteiger partial charge in [-0.2, -0.15) is 0 Å². The first-order valence-electron chi connectivity index (χ1n) is 8.36. The number of esters is 1. The van der Waals surface area contributed by atoms with Crippen LogP contribution in [0.3, 0.4) is 0 Å². The van der Waals surface area contributed by atoms with Crippen LogP contribution in [0.2, 0.25) is 0 Å². The van der Waals surface area contributed by atoms with Gasteiger partial charge < -0.3 is 14.7 Å². The monoisotopic (exact) mass is 412 g/mol. The van der Waals surface area contributed by atoms with Crippen molar-refractivity contribution in [1.29, 1.82) is 0 Å². The minimum Gasteiger partial charge on any atom is -0.462 e. The highest BCUT2D eigenvalue weighted by Crippen LogP contribution is 2.35. The summed E-state index contributed by atoms with van der Waals surface area (Å²) in [6.45, 7) is 5.83. The number of fused-ring (bicyclic) bond motifs is 4. The van der Waals surface area contributed by atoms with Gasteiger partial charge in [-0.1, -0.05) is 15.9 Å². The summed E-state index contributed by atoms with van der Waals surface area (Å²) in [5.41, 5.74) is 4.17. The molecule has 0 unspecified atom stereocenters. The molecule has 2 aromatic carbocycles. The van der Waals surface area contributed by atoms with Gasteiger partial charge in [0.15, 0.2) is 0 Å². The number of benzene rings is 2. The maximum absolute atomic E-state index is 13.0. The van der Waals surface area contributed by atoms with E-state index in [1.165, 1.54) is 6.20 Å². The molecule has 0 saturated carbocycles. The van der Waals surface area contributed by atoms with Gasteiger partial charge in [0, 0.05) is 27.0 Å². The molecule has 0 fully saturated rings. The molecule has 5 nitrogen and oxygen atoms in total. The highest BCUT2D eigenvalue weighted by molar-refractivity contribution is 9.10. The van der Waals surface area contributed by atoms with Crippen molar-refractivity contribution in [2.24, 2.45) is 0 Å². The van der Waals surface area contributed by atoms with Crippen molar-refractivity contribution in [3.8, 4) is 0 Å². The second-order valence-corrected chi connectivity index (χ2v) is 7.23. The number of carbonyl (C=O) groups is 1. The molecule has 0 saturated heterocycles. The Hall–Kier alpha value is -2.60. The van der Waals surface area contributed by atoms with Gasteiger partial charge in [-0.25, -0.2) is 4.79 Å². The van der Waals surface area contributed by atoms with Crippen molar-refractivity contribution in [3.05, 3.63) is 55.8 Å². The zero-order valence-corrected chi connectivity index (χ0v) is 16.2. The van der Waals surface area contributed by atoms with Crippen LogP contribution in [0.15, 0.2) is 33.7 Å². The molecule has 0 bridgehead atoms. The number of ether oxygens (including phenoxy) is 1. The second kappa shape index (κ2) is 5.99. The van der Waals surface area contributed by atoms with Crippen LogP contribution in [0.1, 0.15) is 28.4 Å². The molecule has 4 aromatic rings. The molecule has 0 radical (unpaired) electrons. The number of aryl methyl sites for hydroxylation is 2. The van der Waals surface area contributed by atoms with Gasteiger partial charge in [-0.15, -0.1) is 0 Å². The van der Waals surface area contributed by atoms with E-state index in [0.29, 0.717) is 5.39 Å². The molecule has 2 heterocycles. The topological polar surface area (TPSA) is 75.0 Å². The third-order valence-electron chi connectivity index (χ3n) is 4.84. The average molecular weight is 413 g/mol. The number of halogens is 1. The molecule has 6 heteroatoms. The largest absolute Gasteiger partial charge is 0.462 e. The van der Waals surface area contributed by atoms with Gasteiger partial charge >= 0.3 is 5.97 Å². The minimum absolute atomic E-state index is 0.0278. The van der Waals surface area contributed by atoms with Gasteiger partial charge in [0.2, 0.25) is 5.43 Å². The lowest BCUT2D eigenvalue weighted by molar-refractivity contribution is 0.0524. The smallest absolute Gasteiger partial charge is 0.343 e. The van der Waals surface area contributed by atoms with Gasteiger partial charge in [0.05, 0.1) is 23.0 Å². The standard InChI is InChI=1S/C20H17BrN2O3/c1-4-26-20(25)13-8-22-17-9(2)15-12-7-11(21)5-6-14(12)23-18(15)10(3)16(17)19(13)24/h5-8,23H,4H2,1-3H3,(H,22,24). The van der Waals surface area contributed by atoms with Crippen LogP contribution < -0.4 is 5.43 Å². The molecule has 0 aliphatic heterocycles. The molecule has 0 aliphatic carbocycles. The van der Waals surface area contributed by atoms with Crippen LogP contribution in [0.4, 0.5) is 0 Å².